The van der Waals surface area contributed by atoms with E-state index < -0.39 is 0 Å². The smallest absolute Gasteiger partial charge is 0.110 e. The molecule has 0 radical (unpaired) electrons. The minimum Gasteiger partial charge on any atom is -0.312 e. The third kappa shape index (κ3) is 1.99. The monoisotopic (exact) mass is 231 g/mol. The van der Waals surface area contributed by atoms with E-state index in [9.17, 15) is 0 Å². The first-order valence-electron chi connectivity index (χ1n) is 6.68. The molecule has 3 heteroatoms. The maximum Gasteiger partial charge on any atom is 0.110 e. The van der Waals surface area contributed by atoms with E-state index in [0.717, 1.165) is 19.6 Å². The first-order valence-corrected chi connectivity index (χ1v) is 6.68. The minimum atomic E-state index is 0.0238. The number of rotatable bonds is 2. The van der Waals surface area contributed by atoms with Crippen LogP contribution in [-0.4, -0.2) is 37.6 Å². The van der Waals surface area contributed by atoms with E-state index in [-0.39, 0.29) is 5.66 Å². The third-order valence-corrected chi connectivity index (χ3v) is 4.00. The highest BCUT2D eigenvalue weighted by Crippen LogP contribution is 2.29. The first kappa shape index (κ1) is 11.2. The molecule has 1 aromatic rings. The van der Waals surface area contributed by atoms with Crippen molar-refractivity contribution >= 4 is 0 Å². The molecule has 2 aliphatic heterocycles. The molecule has 2 heterocycles. The van der Waals surface area contributed by atoms with Crippen LogP contribution in [0.25, 0.3) is 0 Å². The molecular formula is C14H21N3. The number of hydrogen-bond donors (Lipinski definition) is 2. The molecule has 0 spiro atoms. The fraction of sp³-hybridized carbons (Fsp3) is 0.571. The summed E-state index contributed by atoms with van der Waals surface area (Å²) in [5.41, 5.74) is 1.42. The van der Waals surface area contributed by atoms with E-state index in [2.05, 4.69) is 45.9 Å². The maximum atomic E-state index is 3.75. The van der Waals surface area contributed by atoms with Gasteiger partial charge in [0.2, 0.25) is 0 Å². The van der Waals surface area contributed by atoms with Crippen LogP contribution >= 0.6 is 0 Å². The van der Waals surface area contributed by atoms with Crippen LogP contribution in [-0.2, 0) is 5.66 Å². The van der Waals surface area contributed by atoms with Crippen LogP contribution in [0.1, 0.15) is 18.4 Å². The van der Waals surface area contributed by atoms with Crippen molar-refractivity contribution in [1.82, 2.24) is 15.5 Å². The van der Waals surface area contributed by atoms with Gasteiger partial charge in [-0.05, 0) is 18.4 Å². The predicted molar refractivity (Wildman–Crippen MR) is 69.8 cm³/mol. The van der Waals surface area contributed by atoms with E-state index in [4.69, 9.17) is 0 Å². The molecule has 0 aromatic heterocycles. The summed E-state index contributed by atoms with van der Waals surface area (Å²) in [6.45, 7) is 5.55. The highest BCUT2D eigenvalue weighted by atomic mass is 15.4. The van der Waals surface area contributed by atoms with Crippen molar-refractivity contribution in [2.75, 3.05) is 32.7 Å². The van der Waals surface area contributed by atoms with E-state index in [1.807, 2.05) is 0 Å². The van der Waals surface area contributed by atoms with Gasteiger partial charge in [0.25, 0.3) is 0 Å². The second-order valence-electron chi connectivity index (χ2n) is 5.02. The Morgan fingerprint density at radius 3 is 2.41 bits per heavy atom. The van der Waals surface area contributed by atoms with Crippen LogP contribution in [0.2, 0.25) is 0 Å². The van der Waals surface area contributed by atoms with E-state index in [1.54, 1.807) is 0 Å². The van der Waals surface area contributed by atoms with Crippen molar-refractivity contribution in [2.45, 2.75) is 18.5 Å². The van der Waals surface area contributed by atoms with Gasteiger partial charge in [0.1, 0.15) is 5.66 Å². The lowest BCUT2D eigenvalue weighted by molar-refractivity contribution is 0.0597. The lowest BCUT2D eigenvalue weighted by Gasteiger charge is -2.46. The number of piperazine rings is 1. The molecule has 3 nitrogen and oxygen atoms in total. The normalized spacial score (nSPS) is 30.6. The Balaban J connectivity index is 1.95. The van der Waals surface area contributed by atoms with E-state index in [0.29, 0.717) is 0 Å². The van der Waals surface area contributed by atoms with Crippen LogP contribution in [0.5, 0.6) is 0 Å². The number of hydrogen-bond acceptors (Lipinski definition) is 3. The highest BCUT2D eigenvalue weighted by Gasteiger charge is 2.40. The largest absolute Gasteiger partial charge is 0.312 e. The molecule has 2 N–H and O–H groups in total. The molecule has 17 heavy (non-hydrogen) atoms. The van der Waals surface area contributed by atoms with Crippen LogP contribution in [0.3, 0.4) is 0 Å². The van der Waals surface area contributed by atoms with Crippen molar-refractivity contribution in [3.8, 4) is 0 Å². The summed E-state index contributed by atoms with van der Waals surface area (Å²) < 4.78 is 0. The zero-order chi connectivity index (χ0) is 11.6. The van der Waals surface area contributed by atoms with Gasteiger partial charge in [-0.15, -0.1) is 0 Å². The average molecular weight is 231 g/mol. The van der Waals surface area contributed by atoms with Gasteiger partial charge in [0.05, 0.1) is 0 Å². The maximum absolute atomic E-state index is 3.75. The molecule has 2 aliphatic rings. The Morgan fingerprint density at radius 1 is 1.00 bits per heavy atom. The van der Waals surface area contributed by atoms with E-state index in [1.165, 1.54) is 31.5 Å². The molecule has 2 saturated heterocycles. The Kier molecular flexibility index (Phi) is 3.14. The number of likely N-dealkylation sites (tertiary alicyclic amines) is 1. The number of nitrogens with zero attached hydrogens (tertiary/aromatic N) is 1. The third-order valence-electron chi connectivity index (χ3n) is 4.00. The Hall–Kier alpha value is -0.900. The van der Waals surface area contributed by atoms with Crippen molar-refractivity contribution in [1.29, 1.82) is 0 Å². The van der Waals surface area contributed by atoms with Gasteiger partial charge in [-0.2, -0.15) is 0 Å². The molecule has 0 bridgehead atoms. The van der Waals surface area contributed by atoms with Crippen molar-refractivity contribution < 1.29 is 0 Å². The molecule has 0 amide bonds. The Bertz CT molecular complexity index is 351. The fourth-order valence-corrected chi connectivity index (χ4v) is 3.11. The average Bonchev–Trinajstić information content (AvgIpc) is 2.95. The molecule has 3 rings (SSSR count). The molecule has 1 aromatic carbocycles. The number of benzene rings is 1. The SMILES string of the molecule is c1ccc(C2(N3CCCC3)CNCCN2)cc1. The standard InChI is InChI=1S/C14H21N3/c1-2-6-13(7-3-1)14(12-15-8-9-16-14)17-10-4-5-11-17/h1-3,6-7,15-16H,4-5,8-12H2. The summed E-state index contributed by atoms with van der Waals surface area (Å²) in [4.78, 5) is 2.61. The van der Waals surface area contributed by atoms with Crippen LogP contribution in [0, 0.1) is 0 Å². The van der Waals surface area contributed by atoms with Crippen molar-refractivity contribution in [3.05, 3.63) is 35.9 Å². The summed E-state index contributed by atoms with van der Waals surface area (Å²) in [7, 11) is 0. The Morgan fingerprint density at radius 2 is 1.76 bits per heavy atom. The summed E-state index contributed by atoms with van der Waals surface area (Å²) in [5.74, 6) is 0. The van der Waals surface area contributed by atoms with Gasteiger partial charge >= 0.3 is 0 Å². The number of nitrogens with one attached hydrogen (secondary N) is 2. The second-order valence-corrected chi connectivity index (χ2v) is 5.02. The molecule has 0 saturated carbocycles. The van der Waals surface area contributed by atoms with Crippen LogP contribution in [0.15, 0.2) is 30.3 Å². The van der Waals surface area contributed by atoms with Gasteiger partial charge in [-0.3, -0.25) is 10.2 Å². The molecule has 1 atom stereocenters. The second kappa shape index (κ2) is 4.77. The van der Waals surface area contributed by atoms with Gasteiger partial charge in [0, 0.05) is 32.7 Å². The van der Waals surface area contributed by atoms with Gasteiger partial charge in [-0.25, -0.2) is 0 Å². The lowest BCUT2D eigenvalue weighted by Crippen LogP contribution is -2.65. The van der Waals surface area contributed by atoms with Gasteiger partial charge in [-0.1, -0.05) is 30.3 Å². The molecule has 92 valence electrons. The van der Waals surface area contributed by atoms with Crippen LogP contribution < -0.4 is 10.6 Å². The topological polar surface area (TPSA) is 27.3 Å². The fourth-order valence-electron chi connectivity index (χ4n) is 3.11. The molecular weight excluding hydrogens is 210 g/mol. The Labute approximate surface area is 103 Å². The zero-order valence-electron chi connectivity index (χ0n) is 10.3. The molecule has 2 fully saturated rings. The van der Waals surface area contributed by atoms with E-state index >= 15 is 0 Å². The first-order chi connectivity index (χ1) is 8.42. The predicted octanol–water partition coefficient (Wildman–Crippen LogP) is 1.13. The molecule has 1 unspecified atom stereocenters. The summed E-state index contributed by atoms with van der Waals surface area (Å²) >= 11 is 0. The van der Waals surface area contributed by atoms with Crippen molar-refractivity contribution in [2.24, 2.45) is 0 Å². The lowest BCUT2D eigenvalue weighted by atomic mass is 9.95. The summed E-state index contributed by atoms with van der Waals surface area (Å²) in [6, 6.07) is 10.9. The highest BCUT2D eigenvalue weighted by molar-refractivity contribution is 5.25. The van der Waals surface area contributed by atoms with Gasteiger partial charge in [0.15, 0.2) is 0 Å². The zero-order valence-corrected chi connectivity index (χ0v) is 10.3. The van der Waals surface area contributed by atoms with Crippen molar-refractivity contribution in [3.63, 3.8) is 0 Å². The quantitative estimate of drug-likeness (QED) is 0.799. The summed E-state index contributed by atoms with van der Waals surface area (Å²) in [6.07, 6.45) is 2.66. The summed E-state index contributed by atoms with van der Waals surface area (Å²) in [5, 5.41) is 7.30. The minimum absolute atomic E-state index is 0.0238. The van der Waals surface area contributed by atoms with Gasteiger partial charge < -0.3 is 5.32 Å². The van der Waals surface area contributed by atoms with Crippen LogP contribution in [0.4, 0.5) is 0 Å². The molecule has 0 aliphatic carbocycles.